The van der Waals surface area contributed by atoms with Crippen LogP contribution in [-0.4, -0.2) is 42.7 Å². The summed E-state index contributed by atoms with van der Waals surface area (Å²) in [6.45, 7) is 0.793. The molecule has 2 fully saturated rings. The lowest BCUT2D eigenvalue weighted by Crippen LogP contribution is -2.65. The zero-order valence-electron chi connectivity index (χ0n) is 10.8. The number of carbonyl (C=O) groups excluding carboxylic acids is 1. The third-order valence-electron chi connectivity index (χ3n) is 4.00. The predicted molar refractivity (Wildman–Crippen MR) is 70.9 cm³/mol. The first kappa shape index (κ1) is 12.4. The molecular weight excluding hydrogens is 244 g/mol. The van der Waals surface area contributed by atoms with E-state index in [1.807, 2.05) is 6.07 Å². The SMILES string of the molecule is CNC(=O)c1cc(NC2C(N)C3CCOC32)ccn1. The van der Waals surface area contributed by atoms with Gasteiger partial charge in [0.05, 0.1) is 12.1 Å². The van der Waals surface area contributed by atoms with E-state index >= 15 is 0 Å². The van der Waals surface area contributed by atoms with Crippen molar-refractivity contribution in [1.82, 2.24) is 10.3 Å². The summed E-state index contributed by atoms with van der Waals surface area (Å²) in [5.74, 6) is 0.272. The zero-order valence-corrected chi connectivity index (χ0v) is 10.8. The third kappa shape index (κ3) is 2.06. The maximum atomic E-state index is 11.5. The number of pyridine rings is 1. The molecule has 3 rings (SSSR count). The van der Waals surface area contributed by atoms with Crippen molar-refractivity contribution in [3.8, 4) is 0 Å². The van der Waals surface area contributed by atoms with E-state index in [-0.39, 0.29) is 24.1 Å². The Morgan fingerprint density at radius 2 is 2.42 bits per heavy atom. The molecule has 1 aromatic heterocycles. The first-order valence-corrected chi connectivity index (χ1v) is 6.52. The monoisotopic (exact) mass is 262 g/mol. The van der Waals surface area contributed by atoms with Gasteiger partial charge in [0.15, 0.2) is 0 Å². The second-order valence-electron chi connectivity index (χ2n) is 5.04. The van der Waals surface area contributed by atoms with Gasteiger partial charge in [-0.1, -0.05) is 0 Å². The molecule has 1 amide bonds. The van der Waals surface area contributed by atoms with E-state index in [9.17, 15) is 4.79 Å². The number of nitrogens with one attached hydrogen (secondary N) is 2. The molecule has 6 heteroatoms. The number of aromatic nitrogens is 1. The number of hydrogen-bond acceptors (Lipinski definition) is 5. The lowest BCUT2D eigenvalue weighted by Gasteiger charge is -2.46. The summed E-state index contributed by atoms with van der Waals surface area (Å²) in [4.78, 5) is 15.6. The normalized spacial score (nSPS) is 32.3. The third-order valence-corrected chi connectivity index (χ3v) is 4.00. The quantitative estimate of drug-likeness (QED) is 0.711. The van der Waals surface area contributed by atoms with Crippen molar-refractivity contribution >= 4 is 11.6 Å². The number of anilines is 1. The van der Waals surface area contributed by atoms with Crippen LogP contribution < -0.4 is 16.4 Å². The van der Waals surface area contributed by atoms with Crippen LogP contribution >= 0.6 is 0 Å². The largest absolute Gasteiger partial charge is 0.378 e. The van der Waals surface area contributed by atoms with Crippen LogP contribution in [0.2, 0.25) is 0 Å². The van der Waals surface area contributed by atoms with E-state index < -0.39 is 0 Å². The summed E-state index contributed by atoms with van der Waals surface area (Å²) >= 11 is 0. The van der Waals surface area contributed by atoms with Gasteiger partial charge in [0.1, 0.15) is 5.69 Å². The van der Waals surface area contributed by atoms with E-state index in [0.29, 0.717) is 11.6 Å². The van der Waals surface area contributed by atoms with E-state index in [4.69, 9.17) is 10.5 Å². The Labute approximate surface area is 111 Å². The number of rotatable bonds is 3. The molecule has 2 heterocycles. The van der Waals surface area contributed by atoms with Crippen molar-refractivity contribution in [2.75, 3.05) is 19.0 Å². The number of nitrogens with two attached hydrogens (primary N) is 1. The fourth-order valence-electron chi connectivity index (χ4n) is 2.89. The molecule has 19 heavy (non-hydrogen) atoms. The van der Waals surface area contributed by atoms with E-state index in [1.54, 1.807) is 19.3 Å². The molecule has 1 aromatic rings. The van der Waals surface area contributed by atoms with E-state index in [2.05, 4.69) is 15.6 Å². The van der Waals surface area contributed by atoms with Gasteiger partial charge in [0.25, 0.3) is 5.91 Å². The van der Waals surface area contributed by atoms with Crippen LogP contribution in [0.5, 0.6) is 0 Å². The highest BCUT2D eigenvalue weighted by Crippen LogP contribution is 2.39. The maximum absolute atomic E-state index is 11.5. The van der Waals surface area contributed by atoms with Crippen LogP contribution in [0.4, 0.5) is 5.69 Å². The fourth-order valence-corrected chi connectivity index (χ4v) is 2.89. The summed E-state index contributed by atoms with van der Waals surface area (Å²) in [6, 6.07) is 3.80. The van der Waals surface area contributed by atoms with Crippen molar-refractivity contribution < 1.29 is 9.53 Å². The molecule has 4 N–H and O–H groups in total. The number of nitrogens with zero attached hydrogens (tertiary/aromatic N) is 1. The highest BCUT2D eigenvalue weighted by atomic mass is 16.5. The molecule has 0 spiro atoms. The lowest BCUT2D eigenvalue weighted by molar-refractivity contribution is 0.00537. The minimum Gasteiger partial charge on any atom is -0.378 e. The molecule has 1 saturated heterocycles. The van der Waals surface area contributed by atoms with Gasteiger partial charge >= 0.3 is 0 Å². The van der Waals surface area contributed by atoms with Crippen LogP contribution in [0.15, 0.2) is 18.3 Å². The average Bonchev–Trinajstić information content (AvgIpc) is 2.89. The maximum Gasteiger partial charge on any atom is 0.269 e. The van der Waals surface area contributed by atoms with Gasteiger partial charge in [0, 0.05) is 37.5 Å². The lowest BCUT2D eigenvalue weighted by atomic mass is 9.72. The Hall–Kier alpha value is -1.66. The second kappa shape index (κ2) is 4.79. The molecule has 6 nitrogen and oxygen atoms in total. The Morgan fingerprint density at radius 3 is 3.21 bits per heavy atom. The first-order chi connectivity index (χ1) is 9.20. The predicted octanol–water partition coefficient (Wildman–Crippen LogP) is -0.0323. The Balaban J connectivity index is 1.72. The molecule has 0 bridgehead atoms. The number of fused-ring (bicyclic) bond motifs is 1. The zero-order chi connectivity index (χ0) is 13.4. The van der Waals surface area contributed by atoms with Crippen LogP contribution in [0.1, 0.15) is 16.9 Å². The molecule has 4 unspecified atom stereocenters. The van der Waals surface area contributed by atoms with Gasteiger partial charge < -0.3 is 21.1 Å². The van der Waals surface area contributed by atoms with Crippen molar-refractivity contribution in [3.63, 3.8) is 0 Å². The molecule has 102 valence electrons. The smallest absolute Gasteiger partial charge is 0.269 e. The van der Waals surface area contributed by atoms with Crippen LogP contribution in [0.25, 0.3) is 0 Å². The molecular formula is C13H18N4O2. The second-order valence-corrected chi connectivity index (χ2v) is 5.04. The van der Waals surface area contributed by atoms with Gasteiger partial charge in [-0.25, -0.2) is 0 Å². The standard InChI is InChI=1S/C13H18N4O2/c1-15-13(18)9-6-7(2-4-16-9)17-11-10(14)8-3-5-19-12(8)11/h2,4,6,8,10-12H,3,5,14H2,1H3,(H,15,18)(H,16,17). The minimum atomic E-state index is -0.198. The van der Waals surface area contributed by atoms with E-state index in [0.717, 1.165) is 18.7 Å². The topological polar surface area (TPSA) is 89.3 Å². The van der Waals surface area contributed by atoms with Crippen molar-refractivity contribution in [3.05, 3.63) is 24.0 Å². The van der Waals surface area contributed by atoms with Crippen molar-refractivity contribution in [2.24, 2.45) is 11.7 Å². The fraction of sp³-hybridized carbons (Fsp3) is 0.538. The number of ether oxygens (including phenoxy) is 1. The van der Waals surface area contributed by atoms with Crippen LogP contribution in [0, 0.1) is 5.92 Å². The first-order valence-electron chi connectivity index (χ1n) is 6.52. The van der Waals surface area contributed by atoms with Gasteiger partial charge in [-0.15, -0.1) is 0 Å². The highest BCUT2D eigenvalue weighted by Gasteiger charge is 2.52. The van der Waals surface area contributed by atoms with Gasteiger partial charge in [-0.2, -0.15) is 0 Å². The molecule has 0 aromatic carbocycles. The minimum absolute atomic E-state index is 0.115. The Bertz CT molecular complexity index is 493. The molecule has 2 aliphatic rings. The van der Waals surface area contributed by atoms with Gasteiger partial charge in [-0.05, 0) is 18.6 Å². The summed E-state index contributed by atoms with van der Waals surface area (Å²) in [5.41, 5.74) is 7.39. The Kier molecular flexibility index (Phi) is 3.12. The molecule has 0 radical (unpaired) electrons. The summed E-state index contributed by atoms with van der Waals surface area (Å²) in [5, 5.41) is 5.91. The van der Waals surface area contributed by atoms with Gasteiger partial charge in [0.2, 0.25) is 0 Å². The van der Waals surface area contributed by atoms with Crippen molar-refractivity contribution in [2.45, 2.75) is 24.6 Å². The summed E-state index contributed by atoms with van der Waals surface area (Å²) < 4.78 is 5.67. The molecule has 1 aliphatic heterocycles. The van der Waals surface area contributed by atoms with Crippen LogP contribution in [0.3, 0.4) is 0 Å². The number of amides is 1. The molecule has 4 atom stereocenters. The Morgan fingerprint density at radius 1 is 1.58 bits per heavy atom. The molecule has 1 aliphatic carbocycles. The average molecular weight is 262 g/mol. The van der Waals surface area contributed by atoms with Crippen molar-refractivity contribution in [1.29, 1.82) is 0 Å². The summed E-state index contributed by atoms with van der Waals surface area (Å²) in [6.07, 6.45) is 2.86. The van der Waals surface area contributed by atoms with E-state index in [1.165, 1.54) is 0 Å². The summed E-state index contributed by atoms with van der Waals surface area (Å²) in [7, 11) is 1.59. The number of carbonyl (C=O) groups is 1. The van der Waals surface area contributed by atoms with Crippen LogP contribution in [-0.2, 0) is 4.74 Å². The highest BCUT2D eigenvalue weighted by molar-refractivity contribution is 5.92. The molecule has 1 saturated carbocycles. The van der Waals surface area contributed by atoms with Gasteiger partial charge in [-0.3, -0.25) is 9.78 Å². The number of hydrogen-bond donors (Lipinski definition) is 3.